The summed E-state index contributed by atoms with van der Waals surface area (Å²) in [6.45, 7) is 6.15. The number of ether oxygens (including phenoxy) is 2. The lowest BCUT2D eigenvalue weighted by atomic mass is 10.0. The van der Waals surface area contributed by atoms with Gasteiger partial charge in [0.1, 0.15) is 17.6 Å². The van der Waals surface area contributed by atoms with Gasteiger partial charge in [-0.15, -0.1) is 0 Å². The van der Waals surface area contributed by atoms with E-state index in [1.165, 1.54) is 6.20 Å². The maximum atomic E-state index is 11.3. The third kappa shape index (κ3) is 4.28. The third-order valence-electron chi connectivity index (χ3n) is 3.12. The summed E-state index contributed by atoms with van der Waals surface area (Å²) < 4.78 is 11.2. The number of aliphatic carboxylic acids is 1. The molecular weight excluding hydrogens is 274 g/mol. The first-order valence-electron chi connectivity index (χ1n) is 7.13. The Morgan fingerprint density at radius 2 is 2.10 bits per heavy atom. The van der Waals surface area contributed by atoms with Crippen LogP contribution in [0.25, 0.3) is 0 Å². The highest BCUT2D eigenvalue weighted by Crippen LogP contribution is 2.25. The molecule has 116 valence electrons. The second kappa shape index (κ2) is 8.39. The normalized spacial score (nSPS) is 18.1. The minimum Gasteiger partial charge on any atom is -0.488 e. The van der Waals surface area contributed by atoms with Crippen LogP contribution in [0.15, 0.2) is 22.5 Å². The van der Waals surface area contributed by atoms with Crippen molar-refractivity contribution in [2.75, 3.05) is 6.61 Å². The smallest absolute Gasteiger partial charge is 0.353 e. The first-order valence-corrected chi connectivity index (χ1v) is 7.13. The zero-order chi connectivity index (χ0) is 15.8. The minimum absolute atomic E-state index is 0.0581. The summed E-state index contributed by atoms with van der Waals surface area (Å²) in [6.07, 6.45) is 2.41. The lowest BCUT2D eigenvalue weighted by Crippen LogP contribution is -2.36. The molecule has 0 amide bonds. The lowest BCUT2D eigenvalue weighted by Gasteiger charge is -2.25. The standard InChI is InChI=1S/C15H21NO5/c1-4-7-20-14-11(9-17)12(21-10(5-2)6-3)8-16-13(14)15(18)19/h8,10,14H,4-7H2,1-3H3,(H,18,19). The van der Waals surface area contributed by atoms with Crippen molar-refractivity contribution in [3.8, 4) is 0 Å². The van der Waals surface area contributed by atoms with Gasteiger partial charge >= 0.3 is 5.97 Å². The van der Waals surface area contributed by atoms with Crippen molar-refractivity contribution in [1.82, 2.24) is 0 Å². The average Bonchev–Trinajstić information content (AvgIpc) is 2.49. The van der Waals surface area contributed by atoms with Crippen molar-refractivity contribution >= 4 is 17.6 Å². The van der Waals surface area contributed by atoms with Crippen LogP contribution in [0.4, 0.5) is 0 Å². The largest absolute Gasteiger partial charge is 0.488 e. The van der Waals surface area contributed by atoms with Crippen LogP contribution in [-0.4, -0.2) is 41.5 Å². The quantitative estimate of drug-likeness (QED) is 0.693. The van der Waals surface area contributed by atoms with Gasteiger partial charge in [0.15, 0.2) is 11.5 Å². The van der Waals surface area contributed by atoms with E-state index in [0.29, 0.717) is 13.0 Å². The molecule has 0 aromatic heterocycles. The molecule has 0 saturated carbocycles. The number of carboxylic acids is 1. The highest BCUT2D eigenvalue weighted by molar-refractivity contribution is 6.39. The molecule has 0 aliphatic carbocycles. The molecule has 0 aromatic rings. The van der Waals surface area contributed by atoms with Crippen LogP contribution in [-0.2, 0) is 19.1 Å². The van der Waals surface area contributed by atoms with Gasteiger partial charge in [0.2, 0.25) is 0 Å². The Morgan fingerprint density at radius 1 is 1.43 bits per heavy atom. The topological polar surface area (TPSA) is 85.2 Å². The molecule has 6 heteroatoms. The number of nitrogens with zero attached hydrogens (tertiary/aromatic N) is 1. The van der Waals surface area contributed by atoms with Gasteiger partial charge < -0.3 is 14.6 Å². The first kappa shape index (κ1) is 17.1. The number of carbonyl (C=O) groups excluding carboxylic acids is 1. The fourth-order valence-electron chi connectivity index (χ4n) is 1.93. The van der Waals surface area contributed by atoms with Crippen molar-refractivity contribution in [2.24, 2.45) is 4.99 Å². The third-order valence-corrected chi connectivity index (χ3v) is 3.12. The Morgan fingerprint density at radius 3 is 2.57 bits per heavy atom. The number of carbonyl (C=O) groups is 1. The van der Waals surface area contributed by atoms with Crippen molar-refractivity contribution in [2.45, 2.75) is 52.2 Å². The molecule has 1 heterocycles. The Bertz CT molecular complexity index is 484. The van der Waals surface area contributed by atoms with Crippen LogP contribution in [0, 0.1) is 0 Å². The van der Waals surface area contributed by atoms with E-state index < -0.39 is 12.1 Å². The van der Waals surface area contributed by atoms with Crippen molar-refractivity contribution in [3.63, 3.8) is 0 Å². The van der Waals surface area contributed by atoms with Crippen LogP contribution in [0.2, 0.25) is 0 Å². The zero-order valence-electron chi connectivity index (χ0n) is 12.6. The molecule has 0 saturated heterocycles. The molecule has 21 heavy (non-hydrogen) atoms. The number of rotatable bonds is 8. The average molecular weight is 295 g/mol. The van der Waals surface area contributed by atoms with Crippen LogP contribution < -0.4 is 0 Å². The van der Waals surface area contributed by atoms with Gasteiger partial charge in [-0.05, 0) is 19.3 Å². The predicted octanol–water partition coefficient (Wildman–Crippen LogP) is 2.13. The van der Waals surface area contributed by atoms with Gasteiger partial charge in [-0.1, -0.05) is 20.8 Å². The summed E-state index contributed by atoms with van der Waals surface area (Å²) in [7, 11) is 0. The molecular formula is C15H21NO5. The van der Waals surface area contributed by atoms with Crippen molar-refractivity contribution in [1.29, 1.82) is 0 Å². The number of aliphatic imine (C=N–C) groups is 1. The van der Waals surface area contributed by atoms with Gasteiger partial charge in [0, 0.05) is 6.61 Å². The molecule has 1 atom stereocenters. The Kier molecular flexibility index (Phi) is 6.85. The second-order valence-corrected chi connectivity index (χ2v) is 4.64. The lowest BCUT2D eigenvalue weighted by molar-refractivity contribution is -0.130. The first-order chi connectivity index (χ1) is 10.1. The molecule has 0 radical (unpaired) electrons. The number of hydrogen-bond acceptors (Lipinski definition) is 5. The van der Waals surface area contributed by atoms with Gasteiger partial charge in [-0.3, -0.25) is 0 Å². The van der Waals surface area contributed by atoms with Gasteiger partial charge in [0.05, 0.1) is 12.3 Å². The molecule has 0 spiro atoms. The van der Waals surface area contributed by atoms with E-state index in [9.17, 15) is 9.59 Å². The SMILES string of the molecule is CCCOC1C(=C=O)C(OC(CC)CC)=CN=C1C(=O)O. The van der Waals surface area contributed by atoms with E-state index in [0.717, 1.165) is 12.8 Å². The molecule has 1 aliphatic heterocycles. The van der Waals surface area contributed by atoms with E-state index in [2.05, 4.69) is 4.99 Å². The van der Waals surface area contributed by atoms with E-state index in [1.54, 1.807) is 5.94 Å². The summed E-state index contributed by atoms with van der Waals surface area (Å²) in [5, 5.41) is 9.16. The Balaban J connectivity index is 3.09. The fraction of sp³-hybridized carbons (Fsp3) is 0.600. The molecule has 1 aliphatic rings. The monoisotopic (exact) mass is 295 g/mol. The summed E-state index contributed by atoms with van der Waals surface area (Å²) in [6, 6.07) is 0. The highest BCUT2D eigenvalue weighted by Gasteiger charge is 2.34. The molecule has 0 fully saturated rings. The van der Waals surface area contributed by atoms with Gasteiger partial charge in [-0.25, -0.2) is 14.6 Å². The molecule has 1 unspecified atom stereocenters. The fourth-order valence-corrected chi connectivity index (χ4v) is 1.93. The van der Waals surface area contributed by atoms with E-state index in [-0.39, 0.29) is 23.1 Å². The number of hydrogen-bond donors (Lipinski definition) is 1. The van der Waals surface area contributed by atoms with Crippen LogP contribution in [0.1, 0.15) is 40.0 Å². The summed E-state index contributed by atoms with van der Waals surface area (Å²) in [5.74, 6) is 0.776. The van der Waals surface area contributed by atoms with Crippen LogP contribution in [0.5, 0.6) is 0 Å². The maximum absolute atomic E-state index is 11.3. The van der Waals surface area contributed by atoms with Crippen LogP contribution >= 0.6 is 0 Å². The van der Waals surface area contributed by atoms with Crippen molar-refractivity contribution in [3.05, 3.63) is 17.5 Å². The predicted molar refractivity (Wildman–Crippen MR) is 77.8 cm³/mol. The maximum Gasteiger partial charge on any atom is 0.353 e. The van der Waals surface area contributed by atoms with Gasteiger partial charge in [0.25, 0.3) is 0 Å². The van der Waals surface area contributed by atoms with Crippen LogP contribution in [0.3, 0.4) is 0 Å². The minimum atomic E-state index is -1.22. The summed E-state index contributed by atoms with van der Waals surface area (Å²) in [4.78, 5) is 26.3. The Labute approximate surface area is 124 Å². The molecule has 0 aromatic carbocycles. The summed E-state index contributed by atoms with van der Waals surface area (Å²) in [5.41, 5.74) is -0.165. The van der Waals surface area contributed by atoms with E-state index in [1.807, 2.05) is 20.8 Å². The van der Waals surface area contributed by atoms with E-state index in [4.69, 9.17) is 14.6 Å². The van der Waals surface area contributed by atoms with Crippen molar-refractivity contribution < 1.29 is 24.2 Å². The summed E-state index contributed by atoms with van der Waals surface area (Å²) >= 11 is 0. The van der Waals surface area contributed by atoms with E-state index >= 15 is 0 Å². The Hall–Kier alpha value is -1.91. The molecule has 1 rings (SSSR count). The molecule has 6 nitrogen and oxygen atoms in total. The second-order valence-electron chi connectivity index (χ2n) is 4.64. The molecule has 0 bridgehead atoms. The highest BCUT2D eigenvalue weighted by atomic mass is 16.5. The van der Waals surface area contributed by atoms with Gasteiger partial charge in [-0.2, -0.15) is 0 Å². The zero-order valence-corrected chi connectivity index (χ0v) is 12.6. The molecule has 1 N–H and O–H groups in total. The number of carboxylic acid groups (broad SMARTS) is 1.